The molecule has 1 amide bonds. The van der Waals surface area contributed by atoms with Gasteiger partial charge in [0.05, 0.1) is 6.26 Å². The van der Waals surface area contributed by atoms with Crippen molar-refractivity contribution in [1.82, 2.24) is 5.32 Å². The van der Waals surface area contributed by atoms with Crippen molar-refractivity contribution in [3.8, 4) is 0 Å². The summed E-state index contributed by atoms with van der Waals surface area (Å²) in [7, 11) is 0. The molecule has 0 aliphatic rings. The van der Waals surface area contributed by atoms with Crippen molar-refractivity contribution in [3.05, 3.63) is 60.1 Å². The molecule has 0 fully saturated rings. The quantitative estimate of drug-likeness (QED) is 0.861. The topological polar surface area (TPSA) is 79.5 Å². The van der Waals surface area contributed by atoms with Crippen molar-refractivity contribution >= 4 is 11.9 Å². The normalized spacial score (nSPS) is 11.8. The number of furan rings is 1. The fourth-order valence-electron chi connectivity index (χ4n) is 1.54. The molecule has 5 nitrogen and oxygen atoms in total. The molecule has 18 heavy (non-hydrogen) atoms. The lowest BCUT2D eigenvalue weighted by Crippen LogP contribution is -2.33. The Morgan fingerprint density at radius 2 is 1.83 bits per heavy atom. The van der Waals surface area contributed by atoms with Gasteiger partial charge >= 0.3 is 5.97 Å². The summed E-state index contributed by atoms with van der Waals surface area (Å²) in [5.41, 5.74) is 0.505. The molecule has 0 aliphatic carbocycles. The van der Waals surface area contributed by atoms with E-state index < -0.39 is 17.9 Å². The monoisotopic (exact) mass is 245 g/mol. The lowest BCUT2D eigenvalue weighted by Gasteiger charge is -2.13. The van der Waals surface area contributed by atoms with Crippen molar-refractivity contribution in [2.24, 2.45) is 0 Å². The van der Waals surface area contributed by atoms with E-state index in [2.05, 4.69) is 5.32 Å². The number of carboxylic acids is 1. The van der Waals surface area contributed by atoms with Crippen molar-refractivity contribution < 1.29 is 19.1 Å². The summed E-state index contributed by atoms with van der Waals surface area (Å²) in [5, 5.41) is 11.5. The predicted molar refractivity (Wildman–Crippen MR) is 63.0 cm³/mol. The molecule has 2 N–H and O–H groups in total. The van der Waals surface area contributed by atoms with Crippen LogP contribution in [-0.4, -0.2) is 17.0 Å². The van der Waals surface area contributed by atoms with Crippen LogP contribution in [0.4, 0.5) is 0 Å². The van der Waals surface area contributed by atoms with Gasteiger partial charge in [0.15, 0.2) is 11.8 Å². The Hall–Kier alpha value is -2.56. The van der Waals surface area contributed by atoms with E-state index in [9.17, 15) is 9.59 Å². The summed E-state index contributed by atoms with van der Waals surface area (Å²) >= 11 is 0. The SMILES string of the molecule is O=C(NC(C(=O)O)c1ccccc1)c1ccco1. The Bertz CT molecular complexity index is 533. The van der Waals surface area contributed by atoms with Crippen LogP contribution in [0.3, 0.4) is 0 Å². The third-order valence-electron chi connectivity index (χ3n) is 2.40. The molecular formula is C13H11NO4. The number of nitrogens with one attached hydrogen (secondary N) is 1. The van der Waals surface area contributed by atoms with Gasteiger partial charge in [0.2, 0.25) is 0 Å². The van der Waals surface area contributed by atoms with E-state index in [0.29, 0.717) is 5.56 Å². The van der Waals surface area contributed by atoms with Gasteiger partial charge in [0, 0.05) is 0 Å². The maximum Gasteiger partial charge on any atom is 0.330 e. The number of benzene rings is 1. The van der Waals surface area contributed by atoms with Gasteiger partial charge in [-0.2, -0.15) is 0 Å². The summed E-state index contributed by atoms with van der Waals surface area (Å²) in [6.07, 6.45) is 1.35. The lowest BCUT2D eigenvalue weighted by atomic mass is 10.1. The lowest BCUT2D eigenvalue weighted by molar-refractivity contribution is -0.139. The minimum absolute atomic E-state index is 0.0807. The minimum Gasteiger partial charge on any atom is -0.479 e. The Labute approximate surface area is 103 Å². The van der Waals surface area contributed by atoms with Crippen LogP contribution in [0, 0.1) is 0 Å². The molecule has 0 aliphatic heterocycles. The Morgan fingerprint density at radius 1 is 1.11 bits per heavy atom. The Kier molecular flexibility index (Phi) is 3.43. The first-order valence-corrected chi connectivity index (χ1v) is 5.30. The highest BCUT2D eigenvalue weighted by molar-refractivity contribution is 5.94. The van der Waals surface area contributed by atoms with E-state index in [1.807, 2.05) is 0 Å². The Morgan fingerprint density at radius 3 is 2.39 bits per heavy atom. The molecule has 1 atom stereocenters. The highest BCUT2D eigenvalue weighted by Crippen LogP contribution is 2.13. The number of amides is 1. The van der Waals surface area contributed by atoms with Crippen LogP contribution in [-0.2, 0) is 4.79 Å². The number of rotatable bonds is 4. The molecule has 1 unspecified atom stereocenters. The first-order valence-electron chi connectivity index (χ1n) is 5.30. The van der Waals surface area contributed by atoms with Gasteiger partial charge in [-0.3, -0.25) is 4.79 Å². The van der Waals surface area contributed by atoms with E-state index >= 15 is 0 Å². The number of hydrogen-bond acceptors (Lipinski definition) is 3. The van der Waals surface area contributed by atoms with E-state index in [0.717, 1.165) is 0 Å². The van der Waals surface area contributed by atoms with Gasteiger partial charge in [-0.05, 0) is 17.7 Å². The van der Waals surface area contributed by atoms with Crippen LogP contribution < -0.4 is 5.32 Å². The molecule has 1 aromatic carbocycles. The third-order valence-corrected chi connectivity index (χ3v) is 2.40. The van der Waals surface area contributed by atoms with E-state index in [-0.39, 0.29) is 5.76 Å². The number of hydrogen-bond donors (Lipinski definition) is 2. The third kappa shape index (κ3) is 2.57. The smallest absolute Gasteiger partial charge is 0.330 e. The van der Waals surface area contributed by atoms with Crippen LogP contribution in [0.5, 0.6) is 0 Å². The van der Waals surface area contributed by atoms with E-state index in [1.54, 1.807) is 36.4 Å². The zero-order chi connectivity index (χ0) is 13.0. The molecule has 0 saturated carbocycles. The number of carbonyl (C=O) groups is 2. The molecule has 0 spiro atoms. The molecule has 2 rings (SSSR count). The number of carbonyl (C=O) groups excluding carboxylic acids is 1. The van der Waals surface area contributed by atoms with E-state index in [4.69, 9.17) is 9.52 Å². The highest BCUT2D eigenvalue weighted by Gasteiger charge is 2.23. The minimum atomic E-state index is -1.12. The first-order chi connectivity index (χ1) is 8.68. The molecular weight excluding hydrogens is 234 g/mol. The van der Waals surface area contributed by atoms with Crippen LogP contribution in [0.25, 0.3) is 0 Å². The average Bonchev–Trinajstić information content (AvgIpc) is 2.90. The fraction of sp³-hybridized carbons (Fsp3) is 0.0769. The Balaban J connectivity index is 2.18. The summed E-state index contributed by atoms with van der Waals surface area (Å²) < 4.78 is 4.91. The summed E-state index contributed by atoms with van der Waals surface area (Å²) in [5.74, 6) is -1.60. The van der Waals surface area contributed by atoms with Gasteiger partial charge in [0.25, 0.3) is 5.91 Å². The van der Waals surface area contributed by atoms with E-state index in [1.165, 1.54) is 12.3 Å². The van der Waals surface area contributed by atoms with Gasteiger partial charge in [-0.1, -0.05) is 30.3 Å². The van der Waals surface area contributed by atoms with Gasteiger partial charge in [0.1, 0.15) is 0 Å². The second kappa shape index (κ2) is 5.18. The fourth-order valence-corrected chi connectivity index (χ4v) is 1.54. The average molecular weight is 245 g/mol. The maximum absolute atomic E-state index is 11.7. The molecule has 5 heteroatoms. The maximum atomic E-state index is 11.7. The van der Waals surface area contributed by atoms with Gasteiger partial charge in [-0.25, -0.2) is 4.79 Å². The summed E-state index contributed by atoms with van der Waals surface area (Å²) in [6, 6.07) is 10.4. The zero-order valence-electron chi connectivity index (χ0n) is 9.37. The second-order valence-electron chi connectivity index (χ2n) is 3.63. The van der Waals surface area contributed by atoms with Crippen molar-refractivity contribution in [3.63, 3.8) is 0 Å². The summed E-state index contributed by atoms with van der Waals surface area (Å²) in [6.45, 7) is 0. The van der Waals surface area contributed by atoms with Crippen molar-refractivity contribution in [1.29, 1.82) is 0 Å². The van der Waals surface area contributed by atoms with Crippen LogP contribution in [0.1, 0.15) is 22.2 Å². The standard InChI is InChI=1S/C13H11NO4/c15-12(10-7-4-8-18-10)14-11(13(16)17)9-5-2-1-3-6-9/h1-8,11H,(H,14,15)(H,16,17). The predicted octanol–water partition coefficient (Wildman–Crippen LogP) is 1.84. The van der Waals surface area contributed by atoms with Crippen LogP contribution in [0.15, 0.2) is 53.1 Å². The molecule has 1 heterocycles. The van der Waals surface area contributed by atoms with Crippen molar-refractivity contribution in [2.75, 3.05) is 0 Å². The van der Waals surface area contributed by atoms with Gasteiger partial charge < -0.3 is 14.8 Å². The highest BCUT2D eigenvalue weighted by atomic mass is 16.4. The molecule has 2 aromatic rings. The van der Waals surface area contributed by atoms with Gasteiger partial charge in [-0.15, -0.1) is 0 Å². The first kappa shape index (κ1) is 11.9. The largest absolute Gasteiger partial charge is 0.479 e. The molecule has 0 saturated heterocycles. The molecule has 0 bridgehead atoms. The molecule has 92 valence electrons. The van der Waals surface area contributed by atoms with Crippen LogP contribution in [0.2, 0.25) is 0 Å². The van der Waals surface area contributed by atoms with Crippen LogP contribution >= 0.6 is 0 Å². The second-order valence-corrected chi connectivity index (χ2v) is 3.63. The number of carboxylic acid groups (broad SMARTS) is 1. The molecule has 1 aromatic heterocycles. The number of aliphatic carboxylic acids is 1. The summed E-state index contributed by atoms with van der Waals surface area (Å²) in [4.78, 5) is 22.9. The zero-order valence-corrected chi connectivity index (χ0v) is 9.37. The molecule has 0 radical (unpaired) electrons. The van der Waals surface area contributed by atoms with Crippen molar-refractivity contribution in [2.45, 2.75) is 6.04 Å².